The predicted molar refractivity (Wildman–Crippen MR) is 114 cm³/mol. The van der Waals surface area contributed by atoms with Gasteiger partial charge in [0.2, 0.25) is 5.89 Å². The van der Waals surface area contributed by atoms with Gasteiger partial charge in [-0.05, 0) is 29.8 Å². The van der Waals surface area contributed by atoms with Crippen LogP contribution in [-0.4, -0.2) is 52.3 Å². The Kier molecular flexibility index (Phi) is 6.11. The zero-order valence-corrected chi connectivity index (χ0v) is 17.6. The Morgan fingerprint density at radius 3 is 2.55 bits per heavy atom. The molecule has 0 bridgehead atoms. The lowest BCUT2D eigenvalue weighted by Crippen LogP contribution is -2.52. The number of carbonyl (C=O) groups is 1. The van der Waals surface area contributed by atoms with Crippen molar-refractivity contribution >= 4 is 11.8 Å². The molecule has 9 heteroatoms. The second kappa shape index (κ2) is 9.11. The normalized spacial score (nSPS) is 14.2. The van der Waals surface area contributed by atoms with Gasteiger partial charge < -0.3 is 19.5 Å². The first kappa shape index (κ1) is 20.8. The maximum atomic E-state index is 13.0. The summed E-state index contributed by atoms with van der Waals surface area (Å²) in [7, 11) is 0. The molecule has 1 aliphatic rings. The van der Waals surface area contributed by atoms with E-state index in [1.54, 1.807) is 23.2 Å². The Bertz CT molecular complexity index is 1030. The van der Waals surface area contributed by atoms with Crippen LogP contribution in [0.15, 0.2) is 47.0 Å². The topological polar surface area (TPSA) is 87.4 Å². The summed E-state index contributed by atoms with van der Waals surface area (Å²) in [4.78, 5) is 20.9. The fourth-order valence-electron chi connectivity index (χ4n) is 3.41. The van der Waals surface area contributed by atoms with E-state index in [2.05, 4.69) is 25.4 Å². The number of nitrogens with zero attached hydrogens (tertiary/aromatic N) is 5. The van der Waals surface area contributed by atoms with Gasteiger partial charge in [-0.25, -0.2) is 14.2 Å². The van der Waals surface area contributed by atoms with Crippen molar-refractivity contribution in [1.29, 1.82) is 0 Å². The number of hydrogen-bond acceptors (Lipinski definition) is 6. The SMILES string of the molecule is CC(C)c1nnc(-c2cccnc2N2CCN(C(=O)NCc3ccc(F)cc3)CC2)o1. The Balaban J connectivity index is 1.37. The zero-order valence-electron chi connectivity index (χ0n) is 17.6. The highest BCUT2D eigenvalue weighted by molar-refractivity contribution is 5.75. The molecule has 1 aliphatic heterocycles. The summed E-state index contributed by atoms with van der Waals surface area (Å²) in [6, 6.07) is 9.73. The quantitative estimate of drug-likeness (QED) is 0.675. The number of nitrogens with one attached hydrogen (secondary N) is 1. The van der Waals surface area contributed by atoms with Crippen LogP contribution in [0.25, 0.3) is 11.5 Å². The van der Waals surface area contributed by atoms with Gasteiger partial charge >= 0.3 is 6.03 Å². The fourth-order valence-corrected chi connectivity index (χ4v) is 3.41. The summed E-state index contributed by atoms with van der Waals surface area (Å²) in [5.41, 5.74) is 1.64. The number of aromatic nitrogens is 3. The van der Waals surface area contributed by atoms with E-state index in [-0.39, 0.29) is 17.8 Å². The molecule has 0 spiro atoms. The molecule has 0 aliphatic carbocycles. The highest BCUT2D eigenvalue weighted by Crippen LogP contribution is 2.29. The van der Waals surface area contributed by atoms with Gasteiger partial charge in [0.1, 0.15) is 11.6 Å². The summed E-state index contributed by atoms with van der Waals surface area (Å²) in [5.74, 6) is 1.67. The summed E-state index contributed by atoms with van der Waals surface area (Å²) < 4.78 is 18.8. The van der Waals surface area contributed by atoms with Gasteiger partial charge in [0.25, 0.3) is 5.89 Å². The lowest BCUT2D eigenvalue weighted by atomic mass is 10.2. The number of piperazine rings is 1. The monoisotopic (exact) mass is 424 g/mol. The molecule has 1 aromatic carbocycles. The van der Waals surface area contributed by atoms with Gasteiger partial charge in [-0.1, -0.05) is 26.0 Å². The van der Waals surface area contributed by atoms with E-state index >= 15 is 0 Å². The first-order valence-corrected chi connectivity index (χ1v) is 10.3. The maximum Gasteiger partial charge on any atom is 0.317 e. The molecule has 0 saturated carbocycles. The molecule has 3 aromatic rings. The first-order valence-electron chi connectivity index (χ1n) is 10.3. The van der Waals surface area contributed by atoms with Gasteiger partial charge in [-0.2, -0.15) is 0 Å². The maximum absolute atomic E-state index is 13.0. The van der Waals surface area contributed by atoms with Crippen molar-refractivity contribution in [2.45, 2.75) is 26.3 Å². The molecule has 2 amide bonds. The van der Waals surface area contributed by atoms with Gasteiger partial charge in [0.05, 0.1) is 5.56 Å². The van der Waals surface area contributed by atoms with Crippen LogP contribution in [0.5, 0.6) is 0 Å². The van der Waals surface area contributed by atoms with E-state index in [0.717, 1.165) is 16.9 Å². The van der Waals surface area contributed by atoms with Crippen molar-refractivity contribution in [3.05, 3.63) is 59.9 Å². The molecule has 1 N–H and O–H groups in total. The first-order chi connectivity index (χ1) is 15.0. The van der Waals surface area contributed by atoms with Crippen molar-refractivity contribution in [2.24, 2.45) is 0 Å². The molecule has 0 atom stereocenters. The van der Waals surface area contributed by atoms with Crippen LogP contribution in [0.2, 0.25) is 0 Å². The third-order valence-corrected chi connectivity index (χ3v) is 5.18. The number of pyridine rings is 1. The van der Waals surface area contributed by atoms with Crippen LogP contribution in [0.1, 0.15) is 31.2 Å². The van der Waals surface area contributed by atoms with E-state index in [4.69, 9.17) is 4.42 Å². The third kappa shape index (κ3) is 4.82. The fraction of sp³-hybridized carbons (Fsp3) is 0.364. The van der Waals surface area contributed by atoms with Gasteiger partial charge in [-0.15, -0.1) is 10.2 Å². The van der Waals surface area contributed by atoms with Crippen LogP contribution < -0.4 is 10.2 Å². The largest absolute Gasteiger partial charge is 0.420 e. The number of hydrogen-bond donors (Lipinski definition) is 1. The molecular weight excluding hydrogens is 399 g/mol. The van der Waals surface area contributed by atoms with Crippen LogP contribution in [-0.2, 0) is 6.54 Å². The Hall–Kier alpha value is -3.49. The smallest absolute Gasteiger partial charge is 0.317 e. The van der Waals surface area contributed by atoms with E-state index in [1.165, 1.54) is 12.1 Å². The van der Waals surface area contributed by atoms with Gasteiger partial charge in [0, 0.05) is 44.8 Å². The molecule has 162 valence electrons. The molecule has 1 saturated heterocycles. The average Bonchev–Trinajstić information content (AvgIpc) is 3.29. The predicted octanol–water partition coefficient (Wildman–Crippen LogP) is 3.43. The standard InChI is InChI=1S/C22H25FN6O2/c1-15(2)20-26-27-21(31-20)18-4-3-9-24-19(18)28-10-12-29(13-11-28)22(30)25-14-16-5-7-17(23)8-6-16/h3-9,15H,10-14H2,1-2H3,(H,25,30). The average molecular weight is 424 g/mol. The van der Waals surface area contributed by atoms with Crippen molar-refractivity contribution in [2.75, 3.05) is 31.1 Å². The van der Waals surface area contributed by atoms with Crippen molar-refractivity contribution in [3.8, 4) is 11.5 Å². The minimum atomic E-state index is -0.291. The summed E-state index contributed by atoms with van der Waals surface area (Å²) in [6.07, 6.45) is 1.74. The zero-order chi connectivity index (χ0) is 21.8. The van der Waals surface area contributed by atoms with Gasteiger partial charge in [-0.3, -0.25) is 0 Å². The summed E-state index contributed by atoms with van der Waals surface area (Å²) >= 11 is 0. The Morgan fingerprint density at radius 1 is 1.13 bits per heavy atom. The highest BCUT2D eigenvalue weighted by Gasteiger charge is 2.25. The third-order valence-electron chi connectivity index (χ3n) is 5.18. The number of amides is 2. The van der Waals surface area contributed by atoms with E-state index < -0.39 is 0 Å². The van der Waals surface area contributed by atoms with Crippen LogP contribution in [0.4, 0.5) is 15.0 Å². The molecule has 4 rings (SSSR count). The molecule has 1 fully saturated rings. The van der Waals surface area contributed by atoms with Crippen molar-refractivity contribution in [1.82, 2.24) is 25.4 Å². The van der Waals surface area contributed by atoms with Crippen LogP contribution in [0, 0.1) is 5.82 Å². The van der Waals surface area contributed by atoms with E-state index in [9.17, 15) is 9.18 Å². The second-order valence-electron chi connectivity index (χ2n) is 7.73. The minimum Gasteiger partial charge on any atom is -0.420 e. The molecule has 0 radical (unpaired) electrons. The van der Waals surface area contributed by atoms with Gasteiger partial charge in [0.15, 0.2) is 0 Å². The van der Waals surface area contributed by atoms with Crippen LogP contribution >= 0.6 is 0 Å². The van der Waals surface area contributed by atoms with E-state index in [0.29, 0.717) is 44.5 Å². The molecule has 3 heterocycles. The summed E-state index contributed by atoms with van der Waals surface area (Å²) in [5, 5.41) is 11.2. The second-order valence-corrected chi connectivity index (χ2v) is 7.73. The number of urea groups is 1. The van der Waals surface area contributed by atoms with Crippen molar-refractivity contribution in [3.63, 3.8) is 0 Å². The lowest BCUT2D eigenvalue weighted by Gasteiger charge is -2.35. The number of anilines is 1. The molecule has 31 heavy (non-hydrogen) atoms. The molecule has 0 unspecified atom stereocenters. The number of benzene rings is 1. The number of carbonyl (C=O) groups excluding carboxylic acids is 1. The molecule has 2 aromatic heterocycles. The summed E-state index contributed by atoms with van der Waals surface area (Å²) in [6.45, 7) is 6.76. The lowest BCUT2D eigenvalue weighted by molar-refractivity contribution is 0.194. The molecular formula is C22H25FN6O2. The highest BCUT2D eigenvalue weighted by atomic mass is 19.1. The molecule has 8 nitrogen and oxygen atoms in total. The Morgan fingerprint density at radius 2 is 1.87 bits per heavy atom. The minimum absolute atomic E-state index is 0.135. The number of halogens is 1. The Labute approximate surface area is 180 Å². The number of rotatable bonds is 5. The van der Waals surface area contributed by atoms with Crippen LogP contribution in [0.3, 0.4) is 0 Å². The van der Waals surface area contributed by atoms with Crippen molar-refractivity contribution < 1.29 is 13.6 Å². The van der Waals surface area contributed by atoms with E-state index in [1.807, 2.05) is 26.0 Å².